The highest BCUT2D eigenvalue weighted by atomic mass is 35.5. The van der Waals surface area contributed by atoms with Crippen molar-refractivity contribution in [2.45, 2.75) is 31.3 Å². The molecule has 0 aliphatic carbocycles. The zero-order valence-electron chi connectivity index (χ0n) is 19.1. The molecule has 5 nitrogen and oxygen atoms in total. The summed E-state index contributed by atoms with van der Waals surface area (Å²) in [6.07, 6.45) is 6.81. The van der Waals surface area contributed by atoms with Crippen LogP contribution in [-0.2, 0) is 22.4 Å². The highest BCUT2D eigenvalue weighted by Gasteiger charge is 2.42. The first-order valence-corrected chi connectivity index (χ1v) is 12.3. The van der Waals surface area contributed by atoms with Crippen molar-refractivity contribution in [2.75, 3.05) is 13.2 Å². The zero-order valence-corrected chi connectivity index (χ0v) is 20.7. The predicted molar refractivity (Wildman–Crippen MR) is 138 cm³/mol. The van der Waals surface area contributed by atoms with E-state index in [4.69, 9.17) is 37.4 Å². The van der Waals surface area contributed by atoms with E-state index in [2.05, 4.69) is 4.98 Å². The first kappa shape index (κ1) is 23.9. The van der Waals surface area contributed by atoms with Gasteiger partial charge < -0.3 is 18.8 Å². The number of hydrogen-bond acceptors (Lipinski definition) is 4. The topological polar surface area (TPSA) is 45.5 Å². The summed E-state index contributed by atoms with van der Waals surface area (Å²) in [5.41, 5.74) is 3.40. The van der Waals surface area contributed by atoms with Crippen LogP contribution in [0.25, 0.3) is 11.1 Å². The van der Waals surface area contributed by atoms with Crippen molar-refractivity contribution >= 4 is 23.2 Å². The van der Waals surface area contributed by atoms with Gasteiger partial charge in [0.15, 0.2) is 5.79 Å². The fraction of sp³-hybridized carbons (Fsp3) is 0.250. The number of nitrogens with zero attached hydrogens (tertiary/aromatic N) is 2. The summed E-state index contributed by atoms with van der Waals surface area (Å²) in [6, 6.07) is 23.7. The number of benzene rings is 3. The van der Waals surface area contributed by atoms with Crippen LogP contribution in [-0.4, -0.2) is 34.7 Å². The molecule has 0 amide bonds. The van der Waals surface area contributed by atoms with Crippen LogP contribution in [0.15, 0.2) is 91.5 Å². The van der Waals surface area contributed by atoms with Gasteiger partial charge in [0.05, 0.1) is 19.5 Å². The van der Waals surface area contributed by atoms with Crippen LogP contribution in [0, 0.1) is 0 Å². The second-order valence-corrected chi connectivity index (χ2v) is 9.54. The molecule has 7 heteroatoms. The number of halogens is 2. The molecule has 0 N–H and O–H groups in total. The van der Waals surface area contributed by atoms with Gasteiger partial charge in [-0.05, 0) is 59.5 Å². The van der Waals surface area contributed by atoms with Gasteiger partial charge in [0.25, 0.3) is 0 Å². The maximum absolute atomic E-state index is 6.46. The summed E-state index contributed by atoms with van der Waals surface area (Å²) in [5.74, 6) is 0.0480. The largest absolute Gasteiger partial charge is 0.491 e. The minimum absolute atomic E-state index is 0.167. The number of rotatable bonds is 9. The Hall–Kier alpha value is -2.83. The summed E-state index contributed by atoms with van der Waals surface area (Å²) in [6.45, 7) is 1.44. The monoisotopic (exact) mass is 508 g/mol. The Labute approximate surface area is 215 Å². The van der Waals surface area contributed by atoms with Crippen LogP contribution in [0.4, 0.5) is 0 Å². The number of ether oxygens (including phenoxy) is 3. The highest BCUT2D eigenvalue weighted by Crippen LogP contribution is 2.32. The summed E-state index contributed by atoms with van der Waals surface area (Å²) in [4.78, 5) is 4.16. The number of imidazole rings is 1. The van der Waals surface area contributed by atoms with E-state index in [1.165, 1.54) is 5.56 Å². The SMILES string of the molecule is Clc1ccc(CCC2(Cn3ccnc3)OCC(COc3ccc(-c4ccc(Cl)cc4)cc3)O2)cc1. The quantitative estimate of drug-likeness (QED) is 0.253. The molecule has 0 radical (unpaired) electrons. The first-order valence-electron chi connectivity index (χ1n) is 11.6. The molecule has 0 saturated carbocycles. The van der Waals surface area contributed by atoms with Crippen molar-refractivity contribution in [3.63, 3.8) is 0 Å². The lowest BCUT2D eigenvalue weighted by atomic mass is 10.0. The lowest BCUT2D eigenvalue weighted by Crippen LogP contribution is -2.37. The Bertz CT molecular complexity index is 1210. The molecule has 4 aromatic rings. The van der Waals surface area contributed by atoms with Gasteiger partial charge in [-0.3, -0.25) is 0 Å². The Balaban J connectivity index is 1.20. The molecule has 1 aromatic heterocycles. The van der Waals surface area contributed by atoms with Crippen LogP contribution < -0.4 is 4.74 Å². The van der Waals surface area contributed by atoms with E-state index in [0.717, 1.165) is 33.3 Å². The predicted octanol–water partition coefficient (Wildman–Crippen LogP) is 6.68. The normalized spacial score (nSPS) is 19.7. The van der Waals surface area contributed by atoms with Crippen LogP contribution >= 0.6 is 23.2 Å². The lowest BCUT2D eigenvalue weighted by molar-refractivity contribution is -0.184. The Morgan fingerprint density at radius 3 is 2.23 bits per heavy atom. The number of aromatic nitrogens is 2. The van der Waals surface area contributed by atoms with Crippen molar-refractivity contribution in [3.8, 4) is 16.9 Å². The minimum Gasteiger partial charge on any atom is -0.491 e. The van der Waals surface area contributed by atoms with Crippen molar-refractivity contribution < 1.29 is 14.2 Å². The molecule has 0 spiro atoms. The number of aryl methyl sites for hydroxylation is 1. The third kappa shape index (κ3) is 6.24. The van der Waals surface area contributed by atoms with E-state index >= 15 is 0 Å². The molecule has 2 unspecified atom stereocenters. The molecule has 3 aromatic carbocycles. The van der Waals surface area contributed by atoms with Gasteiger partial charge in [-0.1, -0.05) is 59.6 Å². The summed E-state index contributed by atoms with van der Waals surface area (Å²) >= 11 is 12.0. The maximum atomic E-state index is 6.46. The fourth-order valence-electron chi connectivity index (χ4n) is 4.21. The Morgan fingerprint density at radius 1 is 0.914 bits per heavy atom. The second-order valence-electron chi connectivity index (χ2n) is 8.67. The molecule has 1 fully saturated rings. The minimum atomic E-state index is -0.743. The Morgan fingerprint density at radius 2 is 1.57 bits per heavy atom. The van der Waals surface area contributed by atoms with Crippen molar-refractivity contribution in [3.05, 3.63) is 107 Å². The average molecular weight is 509 g/mol. The third-order valence-electron chi connectivity index (χ3n) is 6.07. The van der Waals surface area contributed by atoms with Gasteiger partial charge in [0.1, 0.15) is 18.5 Å². The maximum Gasteiger partial charge on any atom is 0.187 e. The van der Waals surface area contributed by atoms with Crippen molar-refractivity contribution in [1.82, 2.24) is 9.55 Å². The fourth-order valence-corrected chi connectivity index (χ4v) is 4.46. The zero-order chi connectivity index (χ0) is 24.1. The summed E-state index contributed by atoms with van der Waals surface area (Å²) in [5, 5.41) is 1.46. The Kier molecular flexibility index (Phi) is 7.40. The van der Waals surface area contributed by atoms with E-state index in [1.807, 2.05) is 83.6 Å². The number of hydrogen-bond donors (Lipinski definition) is 0. The van der Waals surface area contributed by atoms with Crippen LogP contribution in [0.3, 0.4) is 0 Å². The van der Waals surface area contributed by atoms with Crippen LogP contribution in [0.1, 0.15) is 12.0 Å². The van der Waals surface area contributed by atoms with Gasteiger partial charge >= 0.3 is 0 Å². The summed E-state index contributed by atoms with van der Waals surface area (Å²) in [7, 11) is 0. The van der Waals surface area contributed by atoms with Gasteiger partial charge in [-0.25, -0.2) is 4.98 Å². The van der Waals surface area contributed by atoms with Gasteiger partial charge in [-0.2, -0.15) is 0 Å². The van der Waals surface area contributed by atoms with E-state index in [-0.39, 0.29) is 6.10 Å². The van der Waals surface area contributed by atoms with E-state index in [9.17, 15) is 0 Å². The van der Waals surface area contributed by atoms with Gasteiger partial charge in [0, 0.05) is 28.9 Å². The van der Waals surface area contributed by atoms with Gasteiger partial charge in [-0.15, -0.1) is 0 Å². The van der Waals surface area contributed by atoms with E-state index in [0.29, 0.717) is 26.2 Å². The standard InChI is InChI=1S/C28H26Cl2N2O3/c29-24-7-1-21(2-8-24)13-14-28(19-32-16-15-31-20-32)34-18-27(35-28)17-33-26-11-5-23(6-12-26)22-3-9-25(30)10-4-22/h1-12,15-16,20,27H,13-14,17-19H2. The summed E-state index contributed by atoms with van der Waals surface area (Å²) < 4.78 is 20.7. The molecule has 2 heterocycles. The molecule has 5 rings (SSSR count). The smallest absolute Gasteiger partial charge is 0.187 e. The third-order valence-corrected chi connectivity index (χ3v) is 6.58. The molecule has 35 heavy (non-hydrogen) atoms. The lowest BCUT2D eigenvalue weighted by Gasteiger charge is -2.28. The first-order chi connectivity index (χ1) is 17.1. The average Bonchev–Trinajstić information content (AvgIpc) is 3.54. The van der Waals surface area contributed by atoms with Crippen LogP contribution in [0.5, 0.6) is 5.75 Å². The van der Waals surface area contributed by atoms with E-state index < -0.39 is 5.79 Å². The molecular formula is C28H26Cl2N2O3. The van der Waals surface area contributed by atoms with Gasteiger partial charge in [0.2, 0.25) is 0 Å². The molecular weight excluding hydrogens is 483 g/mol. The van der Waals surface area contributed by atoms with Crippen molar-refractivity contribution in [1.29, 1.82) is 0 Å². The second kappa shape index (κ2) is 10.8. The van der Waals surface area contributed by atoms with Crippen LogP contribution in [0.2, 0.25) is 10.0 Å². The van der Waals surface area contributed by atoms with Crippen molar-refractivity contribution in [2.24, 2.45) is 0 Å². The highest BCUT2D eigenvalue weighted by molar-refractivity contribution is 6.30. The molecule has 2 atom stereocenters. The van der Waals surface area contributed by atoms with E-state index in [1.54, 1.807) is 12.5 Å². The molecule has 1 aliphatic heterocycles. The molecule has 1 aliphatic rings. The molecule has 0 bridgehead atoms. The molecule has 180 valence electrons. The molecule has 1 saturated heterocycles.